The first-order valence-corrected chi connectivity index (χ1v) is 6.33. The lowest BCUT2D eigenvalue weighted by Gasteiger charge is -2.28. The van der Waals surface area contributed by atoms with Crippen LogP contribution in [-0.4, -0.2) is 12.6 Å². The van der Waals surface area contributed by atoms with Crippen molar-refractivity contribution in [2.24, 2.45) is 5.92 Å². The minimum atomic E-state index is -0.743. The van der Waals surface area contributed by atoms with Gasteiger partial charge in [-0.25, -0.2) is 8.78 Å². The van der Waals surface area contributed by atoms with Crippen LogP contribution in [-0.2, 0) is 6.42 Å². The van der Waals surface area contributed by atoms with Crippen molar-refractivity contribution < 1.29 is 8.78 Å². The second-order valence-corrected chi connectivity index (χ2v) is 5.03. The molecule has 1 N–H and O–H groups in total. The molecule has 1 aliphatic heterocycles. The highest BCUT2D eigenvalue weighted by Gasteiger charge is 2.18. The quantitative estimate of drug-likeness (QED) is 0.853. The summed E-state index contributed by atoms with van der Waals surface area (Å²) in [4.78, 5) is 0. The van der Waals surface area contributed by atoms with Crippen molar-refractivity contribution in [3.63, 3.8) is 0 Å². The number of piperidine rings is 1. The zero-order chi connectivity index (χ0) is 12.3. The molecular formula is C14H19F2N. The maximum Gasteiger partial charge on any atom is 0.162 e. The highest BCUT2D eigenvalue weighted by atomic mass is 19.2. The van der Waals surface area contributed by atoms with E-state index in [1.54, 1.807) is 12.1 Å². The SMILES string of the molecule is CC1CCNC(CCc2cccc(F)c2F)C1. The van der Waals surface area contributed by atoms with Crippen molar-refractivity contribution >= 4 is 0 Å². The molecule has 1 fully saturated rings. The summed E-state index contributed by atoms with van der Waals surface area (Å²) in [5.74, 6) is -0.692. The largest absolute Gasteiger partial charge is 0.314 e. The highest BCUT2D eigenvalue weighted by Crippen LogP contribution is 2.20. The van der Waals surface area contributed by atoms with Gasteiger partial charge in [-0.3, -0.25) is 0 Å². The normalized spacial score (nSPS) is 24.9. The molecule has 2 rings (SSSR count). The van der Waals surface area contributed by atoms with Crippen LogP contribution in [0.25, 0.3) is 0 Å². The Hall–Kier alpha value is -0.960. The Kier molecular flexibility index (Phi) is 4.11. The molecule has 0 saturated carbocycles. The first-order valence-electron chi connectivity index (χ1n) is 6.33. The van der Waals surface area contributed by atoms with Gasteiger partial charge in [0.1, 0.15) is 0 Å². The molecule has 0 aromatic heterocycles. The standard InChI is InChI=1S/C14H19F2N/c1-10-7-8-17-12(9-10)6-5-11-3-2-4-13(15)14(11)16/h2-4,10,12,17H,5-9H2,1H3. The van der Waals surface area contributed by atoms with Gasteiger partial charge in [0, 0.05) is 6.04 Å². The van der Waals surface area contributed by atoms with Gasteiger partial charge in [0.2, 0.25) is 0 Å². The average molecular weight is 239 g/mol. The molecule has 1 nitrogen and oxygen atoms in total. The Morgan fingerprint density at radius 1 is 1.35 bits per heavy atom. The molecule has 1 aromatic rings. The third-order valence-corrected chi connectivity index (χ3v) is 3.55. The van der Waals surface area contributed by atoms with Gasteiger partial charge >= 0.3 is 0 Å². The van der Waals surface area contributed by atoms with E-state index in [0.29, 0.717) is 18.0 Å². The Labute approximate surface area is 101 Å². The second-order valence-electron chi connectivity index (χ2n) is 5.03. The monoisotopic (exact) mass is 239 g/mol. The Bertz CT molecular complexity index is 378. The molecule has 0 amide bonds. The molecule has 2 atom stereocenters. The Morgan fingerprint density at radius 3 is 2.94 bits per heavy atom. The van der Waals surface area contributed by atoms with E-state index in [2.05, 4.69) is 12.2 Å². The van der Waals surface area contributed by atoms with Crippen molar-refractivity contribution in [3.05, 3.63) is 35.4 Å². The average Bonchev–Trinajstić information content (AvgIpc) is 2.31. The molecule has 0 aliphatic carbocycles. The summed E-state index contributed by atoms with van der Waals surface area (Å²) in [6, 6.07) is 4.86. The van der Waals surface area contributed by atoms with Crippen molar-refractivity contribution in [1.82, 2.24) is 5.32 Å². The summed E-state index contributed by atoms with van der Waals surface area (Å²) >= 11 is 0. The first-order chi connectivity index (χ1) is 8.16. The minimum absolute atomic E-state index is 0.446. The smallest absolute Gasteiger partial charge is 0.162 e. The van der Waals surface area contributed by atoms with Crippen molar-refractivity contribution in [2.75, 3.05) is 6.54 Å². The third kappa shape index (κ3) is 3.25. The van der Waals surface area contributed by atoms with Crippen LogP contribution in [0.4, 0.5) is 8.78 Å². The maximum atomic E-state index is 13.4. The molecule has 0 spiro atoms. The van der Waals surface area contributed by atoms with Gasteiger partial charge in [0.15, 0.2) is 11.6 Å². The van der Waals surface area contributed by atoms with Crippen LogP contribution in [0.5, 0.6) is 0 Å². The molecule has 94 valence electrons. The van der Waals surface area contributed by atoms with Crippen LogP contribution >= 0.6 is 0 Å². The van der Waals surface area contributed by atoms with E-state index in [0.717, 1.165) is 25.3 Å². The number of aryl methyl sites for hydroxylation is 1. The van der Waals surface area contributed by atoms with Crippen LogP contribution in [0, 0.1) is 17.6 Å². The van der Waals surface area contributed by atoms with Crippen molar-refractivity contribution in [2.45, 2.75) is 38.6 Å². The predicted molar refractivity (Wildman–Crippen MR) is 64.9 cm³/mol. The van der Waals surface area contributed by atoms with Crippen LogP contribution in [0.3, 0.4) is 0 Å². The fourth-order valence-corrected chi connectivity index (χ4v) is 2.51. The summed E-state index contributed by atoms with van der Waals surface area (Å²) < 4.78 is 26.5. The lowest BCUT2D eigenvalue weighted by Crippen LogP contribution is -2.37. The van der Waals surface area contributed by atoms with E-state index < -0.39 is 11.6 Å². The number of halogens is 2. The molecular weight excluding hydrogens is 220 g/mol. The molecule has 1 aliphatic rings. The molecule has 3 heteroatoms. The van der Waals surface area contributed by atoms with E-state index in [1.165, 1.54) is 12.5 Å². The number of nitrogens with one attached hydrogen (secondary N) is 1. The van der Waals surface area contributed by atoms with Crippen LogP contribution < -0.4 is 5.32 Å². The Morgan fingerprint density at radius 2 is 2.18 bits per heavy atom. The summed E-state index contributed by atoms with van der Waals surface area (Å²) in [5, 5.41) is 3.44. The summed E-state index contributed by atoms with van der Waals surface area (Å²) in [7, 11) is 0. The van der Waals surface area contributed by atoms with Crippen LogP contribution in [0.15, 0.2) is 18.2 Å². The topological polar surface area (TPSA) is 12.0 Å². The summed E-state index contributed by atoms with van der Waals surface area (Å²) in [5.41, 5.74) is 0.491. The highest BCUT2D eigenvalue weighted by molar-refractivity contribution is 5.19. The summed E-state index contributed by atoms with van der Waals surface area (Å²) in [6.45, 7) is 3.29. The Balaban J connectivity index is 1.91. The van der Waals surface area contributed by atoms with Crippen LogP contribution in [0.2, 0.25) is 0 Å². The number of benzene rings is 1. The van der Waals surface area contributed by atoms with Gasteiger partial charge in [-0.2, -0.15) is 0 Å². The summed E-state index contributed by atoms with van der Waals surface area (Å²) in [6.07, 6.45) is 3.83. The van der Waals surface area contributed by atoms with E-state index in [9.17, 15) is 8.78 Å². The number of rotatable bonds is 3. The lowest BCUT2D eigenvalue weighted by molar-refractivity contribution is 0.307. The maximum absolute atomic E-state index is 13.4. The molecule has 0 bridgehead atoms. The van der Waals surface area contributed by atoms with Gasteiger partial charge in [-0.1, -0.05) is 19.1 Å². The molecule has 17 heavy (non-hydrogen) atoms. The number of hydrogen-bond donors (Lipinski definition) is 1. The number of hydrogen-bond acceptors (Lipinski definition) is 1. The molecule has 1 heterocycles. The van der Waals surface area contributed by atoms with E-state index >= 15 is 0 Å². The zero-order valence-electron chi connectivity index (χ0n) is 10.2. The first kappa shape index (κ1) is 12.5. The minimum Gasteiger partial charge on any atom is -0.314 e. The zero-order valence-corrected chi connectivity index (χ0v) is 10.2. The van der Waals surface area contributed by atoms with E-state index in [-0.39, 0.29) is 0 Å². The molecule has 1 saturated heterocycles. The predicted octanol–water partition coefficient (Wildman–Crippen LogP) is 3.29. The van der Waals surface area contributed by atoms with E-state index in [4.69, 9.17) is 0 Å². The van der Waals surface area contributed by atoms with Gasteiger partial charge < -0.3 is 5.32 Å². The van der Waals surface area contributed by atoms with Crippen molar-refractivity contribution in [3.8, 4) is 0 Å². The lowest BCUT2D eigenvalue weighted by atomic mass is 9.91. The molecule has 0 radical (unpaired) electrons. The second kappa shape index (κ2) is 5.58. The van der Waals surface area contributed by atoms with Gasteiger partial charge in [-0.05, 0) is 49.8 Å². The molecule has 2 unspecified atom stereocenters. The van der Waals surface area contributed by atoms with Gasteiger partial charge in [0.05, 0.1) is 0 Å². The fraction of sp³-hybridized carbons (Fsp3) is 0.571. The van der Waals surface area contributed by atoms with Crippen LogP contribution in [0.1, 0.15) is 31.7 Å². The van der Waals surface area contributed by atoms with Crippen molar-refractivity contribution in [1.29, 1.82) is 0 Å². The van der Waals surface area contributed by atoms with Gasteiger partial charge in [-0.15, -0.1) is 0 Å². The van der Waals surface area contributed by atoms with Gasteiger partial charge in [0.25, 0.3) is 0 Å². The van der Waals surface area contributed by atoms with E-state index in [1.807, 2.05) is 0 Å². The third-order valence-electron chi connectivity index (χ3n) is 3.55. The molecule has 1 aromatic carbocycles. The fourth-order valence-electron chi connectivity index (χ4n) is 2.51.